The Morgan fingerprint density at radius 2 is 1.80 bits per heavy atom. The van der Waals surface area contributed by atoms with E-state index in [9.17, 15) is 21.6 Å². The average molecular weight is 333 g/mol. The second kappa shape index (κ2) is 7.26. The van der Waals surface area contributed by atoms with Crippen LogP contribution in [-0.2, 0) is 16.2 Å². The zero-order valence-electron chi connectivity index (χ0n) is 10.9. The van der Waals surface area contributed by atoms with E-state index in [0.29, 0.717) is 0 Å². The summed E-state index contributed by atoms with van der Waals surface area (Å²) in [5, 5.41) is 2.78. The number of alkyl halides is 3. The lowest BCUT2D eigenvalue weighted by atomic mass is 10.2. The highest BCUT2D eigenvalue weighted by Gasteiger charge is 2.36. The Morgan fingerprint density at radius 3 is 2.30 bits per heavy atom. The van der Waals surface area contributed by atoms with Crippen LogP contribution in [0.4, 0.5) is 13.2 Å². The summed E-state index contributed by atoms with van der Waals surface area (Å²) in [6, 6.07) is 3.90. The molecule has 4 nitrogen and oxygen atoms in total. The third-order valence-corrected chi connectivity index (χ3v) is 4.04. The van der Waals surface area contributed by atoms with E-state index in [1.807, 2.05) is 0 Å². The van der Waals surface area contributed by atoms with E-state index in [4.69, 9.17) is 0 Å². The second-order valence-electron chi connectivity index (χ2n) is 4.04. The number of rotatable bonds is 5. The number of nitrogens with one attached hydrogen (secondary N) is 2. The van der Waals surface area contributed by atoms with Crippen molar-refractivity contribution in [2.75, 3.05) is 13.6 Å². The van der Waals surface area contributed by atoms with Gasteiger partial charge in [0.05, 0.1) is 10.5 Å². The molecule has 116 valence electrons. The van der Waals surface area contributed by atoms with Gasteiger partial charge in [-0.05, 0) is 26.1 Å². The van der Waals surface area contributed by atoms with E-state index in [1.165, 1.54) is 6.07 Å². The summed E-state index contributed by atoms with van der Waals surface area (Å²) < 4.78 is 64.1. The molecule has 1 aromatic rings. The van der Waals surface area contributed by atoms with Crippen molar-refractivity contribution in [3.8, 4) is 0 Å². The standard InChI is InChI=1S/C11H15F3N2O2S.ClH/c1-8(15-2)7-16-19(17,18)10-6-4-3-5-9(10)11(12,13)14;/h3-6,8,15-16H,7H2,1-2H3;1H. The predicted octanol–water partition coefficient (Wildman–Crippen LogP) is 2.01. The topological polar surface area (TPSA) is 58.2 Å². The normalized spacial score (nSPS) is 13.7. The summed E-state index contributed by atoms with van der Waals surface area (Å²) in [4.78, 5) is -0.759. The molecule has 0 radical (unpaired) electrons. The quantitative estimate of drug-likeness (QED) is 0.867. The van der Waals surface area contributed by atoms with Crippen LogP contribution in [0.1, 0.15) is 12.5 Å². The minimum atomic E-state index is -4.71. The smallest absolute Gasteiger partial charge is 0.316 e. The maximum Gasteiger partial charge on any atom is 0.417 e. The van der Waals surface area contributed by atoms with Crippen LogP contribution >= 0.6 is 12.4 Å². The molecule has 1 atom stereocenters. The minimum Gasteiger partial charge on any atom is -0.316 e. The zero-order valence-corrected chi connectivity index (χ0v) is 12.5. The molecule has 1 rings (SSSR count). The Bertz CT molecular complexity index is 535. The van der Waals surface area contributed by atoms with Gasteiger partial charge in [0.2, 0.25) is 10.0 Å². The molecular formula is C11H16ClF3N2O2S. The summed E-state index contributed by atoms with van der Waals surface area (Å²) in [5.74, 6) is 0. The molecule has 0 aliphatic rings. The van der Waals surface area contributed by atoms with E-state index >= 15 is 0 Å². The SMILES string of the molecule is CNC(C)CNS(=O)(=O)c1ccccc1C(F)(F)F.Cl. The number of halogens is 4. The van der Waals surface area contributed by atoms with Crippen LogP contribution in [0.25, 0.3) is 0 Å². The van der Waals surface area contributed by atoms with Crippen molar-refractivity contribution in [2.24, 2.45) is 0 Å². The van der Waals surface area contributed by atoms with Gasteiger partial charge in [-0.3, -0.25) is 0 Å². The molecule has 1 unspecified atom stereocenters. The van der Waals surface area contributed by atoms with Gasteiger partial charge in [0, 0.05) is 12.6 Å². The average Bonchev–Trinajstić information content (AvgIpc) is 2.35. The van der Waals surface area contributed by atoms with Crippen LogP contribution in [0.5, 0.6) is 0 Å². The molecule has 9 heteroatoms. The molecule has 0 aliphatic carbocycles. The minimum absolute atomic E-state index is 0. The molecule has 1 aromatic carbocycles. The van der Waals surface area contributed by atoms with Crippen molar-refractivity contribution >= 4 is 22.4 Å². The van der Waals surface area contributed by atoms with Crippen LogP contribution in [0.3, 0.4) is 0 Å². The fourth-order valence-corrected chi connectivity index (χ4v) is 2.71. The van der Waals surface area contributed by atoms with Gasteiger partial charge in [-0.25, -0.2) is 13.1 Å². The second-order valence-corrected chi connectivity index (χ2v) is 5.77. The van der Waals surface area contributed by atoms with E-state index < -0.39 is 26.7 Å². The van der Waals surface area contributed by atoms with Crippen molar-refractivity contribution in [1.29, 1.82) is 0 Å². The van der Waals surface area contributed by atoms with E-state index in [1.54, 1.807) is 14.0 Å². The molecule has 0 spiro atoms. The highest BCUT2D eigenvalue weighted by molar-refractivity contribution is 7.89. The third kappa shape index (κ3) is 4.93. The molecule has 0 aromatic heterocycles. The molecule has 0 saturated carbocycles. The molecular weight excluding hydrogens is 317 g/mol. The lowest BCUT2D eigenvalue weighted by Crippen LogP contribution is -2.37. The van der Waals surface area contributed by atoms with Gasteiger partial charge in [0.1, 0.15) is 0 Å². The number of likely N-dealkylation sites (N-methyl/N-ethyl adjacent to an activating group) is 1. The molecule has 0 aliphatic heterocycles. The fourth-order valence-electron chi connectivity index (χ4n) is 1.35. The Hall–Kier alpha value is -0.830. The van der Waals surface area contributed by atoms with Crippen molar-refractivity contribution in [3.63, 3.8) is 0 Å². The summed E-state index contributed by atoms with van der Waals surface area (Å²) >= 11 is 0. The third-order valence-electron chi connectivity index (χ3n) is 2.55. The van der Waals surface area contributed by atoms with Crippen molar-refractivity contribution in [3.05, 3.63) is 29.8 Å². The number of hydrogen-bond acceptors (Lipinski definition) is 3. The summed E-state index contributed by atoms with van der Waals surface area (Å²) in [7, 11) is -2.56. The molecule has 0 amide bonds. The van der Waals surface area contributed by atoms with E-state index in [-0.39, 0.29) is 25.0 Å². The summed E-state index contributed by atoms with van der Waals surface area (Å²) in [5.41, 5.74) is -1.17. The Kier molecular flexibility index (Phi) is 6.96. The predicted molar refractivity (Wildman–Crippen MR) is 72.4 cm³/mol. The maximum absolute atomic E-state index is 12.7. The molecule has 0 heterocycles. The highest BCUT2D eigenvalue weighted by Crippen LogP contribution is 2.33. The lowest BCUT2D eigenvalue weighted by Gasteiger charge is -2.15. The first-order chi connectivity index (χ1) is 8.68. The first-order valence-electron chi connectivity index (χ1n) is 5.51. The van der Waals surface area contributed by atoms with Crippen LogP contribution in [0.2, 0.25) is 0 Å². The lowest BCUT2D eigenvalue weighted by molar-refractivity contribution is -0.139. The van der Waals surface area contributed by atoms with Gasteiger partial charge in [-0.2, -0.15) is 13.2 Å². The maximum atomic E-state index is 12.7. The first kappa shape index (κ1) is 19.2. The van der Waals surface area contributed by atoms with Gasteiger partial charge in [0.15, 0.2) is 0 Å². The Morgan fingerprint density at radius 1 is 1.25 bits per heavy atom. The Labute approximate surface area is 122 Å². The highest BCUT2D eigenvalue weighted by atomic mass is 35.5. The molecule has 20 heavy (non-hydrogen) atoms. The molecule has 0 saturated heterocycles. The van der Waals surface area contributed by atoms with Gasteiger partial charge >= 0.3 is 6.18 Å². The molecule has 0 bridgehead atoms. The monoisotopic (exact) mass is 332 g/mol. The first-order valence-corrected chi connectivity index (χ1v) is 7.00. The Balaban J connectivity index is 0.00000361. The largest absolute Gasteiger partial charge is 0.417 e. The van der Waals surface area contributed by atoms with Crippen LogP contribution < -0.4 is 10.0 Å². The summed E-state index contributed by atoms with van der Waals surface area (Å²) in [6.45, 7) is 1.71. The number of benzene rings is 1. The van der Waals surface area contributed by atoms with Gasteiger partial charge in [-0.15, -0.1) is 12.4 Å². The van der Waals surface area contributed by atoms with Crippen LogP contribution in [-0.4, -0.2) is 28.1 Å². The van der Waals surface area contributed by atoms with Crippen molar-refractivity contribution < 1.29 is 21.6 Å². The number of sulfonamides is 1. The number of hydrogen-bond donors (Lipinski definition) is 2. The summed E-state index contributed by atoms with van der Waals surface area (Å²) in [6.07, 6.45) is -4.71. The van der Waals surface area contributed by atoms with E-state index in [0.717, 1.165) is 18.2 Å². The fraction of sp³-hybridized carbons (Fsp3) is 0.455. The van der Waals surface area contributed by atoms with Crippen molar-refractivity contribution in [1.82, 2.24) is 10.0 Å². The van der Waals surface area contributed by atoms with Gasteiger partial charge in [-0.1, -0.05) is 12.1 Å². The molecule has 0 fully saturated rings. The van der Waals surface area contributed by atoms with Crippen LogP contribution in [0.15, 0.2) is 29.2 Å². The molecule has 2 N–H and O–H groups in total. The van der Waals surface area contributed by atoms with Gasteiger partial charge < -0.3 is 5.32 Å². The van der Waals surface area contributed by atoms with Crippen LogP contribution in [0, 0.1) is 0 Å². The van der Waals surface area contributed by atoms with Crippen molar-refractivity contribution in [2.45, 2.75) is 24.0 Å². The van der Waals surface area contributed by atoms with Gasteiger partial charge in [0.25, 0.3) is 0 Å². The van der Waals surface area contributed by atoms with E-state index in [2.05, 4.69) is 10.0 Å². The zero-order chi connectivity index (χ0) is 14.7.